The van der Waals surface area contributed by atoms with Crippen molar-refractivity contribution in [1.82, 2.24) is 4.31 Å². The van der Waals surface area contributed by atoms with Gasteiger partial charge in [0.05, 0.1) is 10.6 Å². The predicted molar refractivity (Wildman–Crippen MR) is 97.7 cm³/mol. The third-order valence-electron chi connectivity index (χ3n) is 4.49. The Morgan fingerprint density at radius 3 is 2.62 bits per heavy atom. The van der Waals surface area contributed by atoms with E-state index < -0.39 is 27.8 Å². The molecular weight excluding hydrogens is 355 g/mol. The molecule has 0 aromatic heterocycles. The number of nitrogens with one attached hydrogen (secondary N) is 1. The fraction of sp³-hybridized carbons (Fsp3) is 0.316. The van der Waals surface area contributed by atoms with Crippen LogP contribution in [-0.4, -0.2) is 31.2 Å². The molecule has 0 radical (unpaired) electrons. The zero-order valence-electron chi connectivity index (χ0n) is 14.5. The van der Waals surface area contributed by atoms with Gasteiger partial charge in [-0.1, -0.05) is 30.7 Å². The van der Waals surface area contributed by atoms with Gasteiger partial charge in [-0.2, -0.15) is 4.31 Å². The Labute approximate surface area is 152 Å². The molecule has 1 amide bonds. The minimum atomic E-state index is -3.79. The predicted octanol–water partition coefficient (Wildman–Crippen LogP) is 3.32. The van der Waals surface area contributed by atoms with Gasteiger partial charge >= 0.3 is 0 Å². The highest BCUT2D eigenvalue weighted by Crippen LogP contribution is 2.26. The Morgan fingerprint density at radius 2 is 1.88 bits per heavy atom. The molecule has 2 aromatic carbocycles. The van der Waals surface area contributed by atoms with Gasteiger partial charge in [-0.3, -0.25) is 4.79 Å². The summed E-state index contributed by atoms with van der Waals surface area (Å²) in [6.07, 6.45) is 1.84. The number of sulfonamides is 1. The fourth-order valence-corrected chi connectivity index (χ4v) is 4.81. The van der Waals surface area contributed by atoms with E-state index in [0.29, 0.717) is 12.8 Å². The maximum Gasteiger partial charge on any atom is 0.243 e. The lowest BCUT2D eigenvalue weighted by Gasteiger charge is -2.33. The van der Waals surface area contributed by atoms with Crippen molar-refractivity contribution in [3.63, 3.8) is 0 Å². The van der Waals surface area contributed by atoms with Gasteiger partial charge in [-0.25, -0.2) is 12.8 Å². The van der Waals surface area contributed by atoms with Gasteiger partial charge in [-0.05, 0) is 49.6 Å². The number of halogens is 1. The van der Waals surface area contributed by atoms with Crippen LogP contribution in [0.2, 0.25) is 0 Å². The molecule has 2 aromatic rings. The summed E-state index contributed by atoms with van der Waals surface area (Å²) in [5.41, 5.74) is 0.872. The van der Waals surface area contributed by atoms with Crippen molar-refractivity contribution in [2.45, 2.75) is 37.1 Å². The topological polar surface area (TPSA) is 66.5 Å². The molecule has 1 saturated heterocycles. The number of amides is 1. The van der Waals surface area contributed by atoms with E-state index in [1.165, 1.54) is 28.6 Å². The highest BCUT2D eigenvalue weighted by molar-refractivity contribution is 7.89. The van der Waals surface area contributed by atoms with Crippen molar-refractivity contribution < 1.29 is 17.6 Å². The Bertz CT molecular complexity index is 900. The SMILES string of the molecule is Cc1ccc(F)c(NC(=O)C2CCCCN2S(=O)(=O)c2ccccc2)c1. The third-order valence-corrected chi connectivity index (χ3v) is 6.41. The van der Waals surface area contributed by atoms with E-state index in [0.717, 1.165) is 12.0 Å². The minimum absolute atomic E-state index is 0.0673. The van der Waals surface area contributed by atoms with Crippen LogP contribution in [0.5, 0.6) is 0 Å². The van der Waals surface area contributed by atoms with Crippen molar-refractivity contribution in [3.05, 3.63) is 59.9 Å². The molecule has 0 bridgehead atoms. The smallest absolute Gasteiger partial charge is 0.243 e. The van der Waals surface area contributed by atoms with E-state index in [1.807, 2.05) is 0 Å². The zero-order valence-corrected chi connectivity index (χ0v) is 15.3. The number of hydrogen-bond acceptors (Lipinski definition) is 3. The number of benzene rings is 2. The first-order valence-electron chi connectivity index (χ1n) is 8.53. The highest BCUT2D eigenvalue weighted by atomic mass is 32.2. The molecule has 1 unspecified atom stereocenters. The normalized spacial score (nSPS) is 18.5. The monoisotopic (exact) mass is 376 g/mol. The number of anilines is 1. The molecule has 138 valence electrons. The Morgan fingerprint density at radius 1 is 1.15 bits per heavy atom. The van der Waals surface area contributed by atoms with Gasteiger partial charge in [0.2, 0.25) is 15.9 Å². The first kappa shape index (κ1) is 18.5. The first-order valence-corrected chi connectivity index (χ1v) is 9.97. The quantitative estimate of drug-likeness (QED) is 0.890. The molecule has 0 spiro atoms. The van der Waals surface area contributed by atoms with Crippen LogP contribution in [0, 0.1) is 12.7 Å². The van der Waals surface area contributed by atoms with Gasteiger partial charge in [0.1, 0.15) is 11.9 Å². The van der Waals surface area contributed by atoms with Crippen LogP contribution in [0.15, 0.2) is 53.4 Å². The van der Waals surface area contributed by atoms with E-state index >= 15 is 0 Å². The number of rotatable bonds is 4. The van der Waals surface area contributed by atoms with Gasteiger partial charge in [0.15, 0.2) is 0 Å². The maximum atomic E-state index is 13.9. The average Bonchev–Trinajstić information content (AvgIpc) is 2.65. The molecule has 1 aliphatic heterocycles. The van der Waals surface area contributed by atoms with Crippen molar-refractivity contribution in [3.8, 4) is 0 Å². The lowest BCUT2D eigenvalue weighted by molar-refractivity contribution is -0.120. The number of carbonyl (C=O) groups is 1. The summed E-state index contributed by atoms with van der Waals surface area (Å²) in [6.45, 7) is 2.06. The summed E-state index contributed by atoms with van der Waals surface area (Å²) >= 11 is 0. The Kier molecular flexibility index (Phi) is 5.38. The standard InChI is InChI=1S/C19H21FN2O3S/c1-14-10-11-16(20)17(13-14)21-19(23)18-9-5-6-12-22(18)26(24,25)15-7-3-2-4-8-15/h2-4,7-8,10-11,13,18H,5-6,9,12H2,1H3,(H,21,23). The zero-order chi connectivity index (χ0) is 18.7. The van der Waals surface area contributed by atoms with Gasteiger partial charge in [0.25, 0.3) is 0 Å². The van der Waals surface area contributed by atoms with Crippen molar-refractivity contribution in [2.24, 2.45) is 0 Å². The van der Waals surface area contributed by atoms with Crippen LogP contribution in [-0.2, 0) is 14.8 Å². The van der Waals surface area contributed by atoms with Crippen molar-refractivity contribution in [2.75, 3.05) is 11.9 Å². The van der Waals surface area contributed by atoms with Gasteiger partial charge in [0, 0.05) is 6.54 Å². The number of hydrogen-bond donors (Lipinski definition) is 1. The molecule has 1 fully saturated rings. The van der Waals surface area contributed by atoms with E-state index in [1.54, 1.807) is 31.2 Å². The summed E-state index contributed by atoms with van der Waals surface area (Å²) in [5, 5.41) is 2.55. The summed E-state index contributed by atoms with van der Waals surface area (Å²) in [5.74, 6) is -1.05. The van der Waals surface area contributed by atoms with E-state index in [4.69, 9.17) is 0 Å². The largest absolute Gasteiger partial charge is 0.322 e. The molecule has 3 rings (SSSR count). The van der Waals surface area contributed by atoms with Crippen LogP contribution in [0.4, 0.5) is 10.1 Å². The van der Waals surface area contributed by atoms with Crippen LogP contribution in [0.3, 0.4) is 0 Å². The summed E-state index contributed by atoms with van der Waals surface area (Å²) in [7, 11) is -3.79. The first-order chi connectivity index (χ1) is 12.4. The van der Waals surface area contributed by atoms with E-state index in [2.05, 4.69) is 5.32 Å². The minimum Gasteiger partial charge on any atom is -0.322 e. The molecule has 7 heteroatoms. The van der Waals surface area contributed by atoms with Crippen LogP contribution in [0.1, 0.15) is 24.8 Å². The number of nitrogens with zero attached hydrogens (tertiary/aromatic N) is 1. The molecule has 5 nitrogen and oxygen atoms in total. The fourth-order valence-electron chi connectivity index (χ4n) is 3.13. The molecule has 1 aliphatic rings. The van der Waals surface area contributed by atoms with Crippen LogP contribution >= 0.6 is 0 Å². The van der Waals surface area contributed by atoms with Crippen LogP contribution in [0.25, 0.3) is 0 Å². The number of aryl methyl sites for hydroxylation is 1. The molecular formula is C19H21FN2O3S. The van der Waals surface area contributed by atoms with Crippen LogP contribution < -0.4 is 5.32 Å². The molecule has 1 N–H and O–H groups in total. The molecule has 26 heavy (non-hydrogen) atoms. The van der Waals surface area contributed by atoms with E-state index in [9.17, 15) is 17.6 Å². The third kappa shape index (κ3) is 3.78. The molecule has 1 heterocycles. The average molecular weight is 376 g/mol. The molecule has 1 atom stereocenters. The molecule has 0 aliphatic carbocycles. The van der Waals surface area contributed by atoms with Gasteiger partial charge in [-0.15, -0.1) is 0 Å². The highest BCUT2D eigenvalue weighted by Gasteiger charge is 2.37. The lowest BCUT2D eigenvalue weighted by atomic mass is 10.0. The Balaban J connectivity index is 1.87. The van der Waals surface area contributed by atoms with E-state index in [-0.39, 0.29) is 17.1 Å². The number of piperidine rings is 1. The lowest BCUT2D eigenvalue weighted by Crippen LogP contribution is -2.49. The second kappa shape index (κ2) is 7.55. The Hall–Kier alpha value is -2.25. The summed E-state index contributed by atoms with van der Waals surface area (Å²) < 4.78 is 41.1. The van der Waals surface area contributed by atoms with Crippen molar-refractivity contribution in [1.29, 1.82) is 0 Å². The summed E-state index contributed by atoms with van der Waals surface area (Å²) in [4.78, 5) is 12.9. The number of carbonyl (C=O) groups excluding carboxylic acids is 1. The second-order valence-corrected chi connectivity index (χ2v) is 8.30. The molecule has 0 saturated carbocycles. The maximum absolute atomic E-state index is 13.9. The van der Waals surface area contributed by atoms with Crippen molar-refractivity contribution >= 4 is 21.6 Å². The summed E-state index contributed by atoms with van der Waals surface area (Å²) in [6, 6.07) is 11.6. The van der Waals surface area contributed by atoms with Gasteiger partial charge < -0.3 is 5.32 Å². The second-order valence-electron chi connectivity index (χ2n) is 6.41.